The maximum Gasteiger partial charge on any atom is 0.342 e. The summed E-state index contributed by atoms with van der Waals surface area (Å²) in [4.78, 5) is 40.4. The van der Waals surface area contributed by atoms with E-state index in [0.717, 1.165) is 63.4 Å². The SMILES string of the molecule is C=C[C@@H]1CCC(C)=C[C@H]1C1=C(O)C(C(=O)OC2CCC(C(C)(C)CCC)C2)=C(CCCCC)C(=O)C1=O. The first-order valence-electron chi connectivity index (χ1n) is 14.3. The van der Waals surface area contributed by atoms with Gasteiger partial charge in [-0.25, -0.2) is 4.79 Å². The molecule has 5 nitrogen and oxygen atoms in total. The molecule has 3 aliphatic rings. The number of ether oxygens (including phenoxy) is 1. The van der Waals surface area contributed by atoms with Crippen molar-refractivity contribution in [2.75, 3.05) is 0 Å². The number of unbranched alkanes of at least 4 members (excludes halogenated alkanes) is 2. The van der Waals surface area contributed by atoms with Gasteiger partial charge in [-0.05, 0) is 75.5 Å². The molecule has 0 spiro atoms. The fourth-order valence-corrected chi connectivity index (χ4v) is 6.54. The fraction of sp³-hybridized carbons (Fsp3) is 0.656. The van der Waals surface area contributed by atoms with Crippen molar-refractivity contribution in [3.05, 3.63) is 46.8 Å². The minimum atomic E-state index is -0.703. The van der Waals surface area contributed by atoms with Gasteiger partial charge in [-0.3, -0.25) is 9.59 Å². The molecule has 1 fully saturated rings. The van der Waals surface area contributed by atoms with Crippen LogP contribution >= 0.6 is 0 Å². The number of carbonyl (C=O) groups excluding carboxylic acids is 3. The van der Waals surface area contributed by atoms with E-state index in [1.165, 1.54) is 0 Å². The molecule has 4 atom stereocenters. The molecule has 37 heavy (non-hydrogen) atoms. The molecule has 5 heteroatoms. The van der Waals surface area contributed by atoms with Gasteiger partial charge in [0.15, 0.2) is 0 Å². The zero-order valence-corrected chi connectivity index (χ0v) is 23.5. The molecule has 0 heterocycles. The van der Waals surface area contributed by atoms with Gasteiger partial charge in [0.05, 0.1) is 5.57 Å². The summed E-state index contributed by atoms with van der Waals surface area (Å²) in [5.74, 6) is -2.53. The third kappa shape index (κ3) is 6.35. The first-order valence-corrected chi connectivity index (χ1v) is 14.3. The molecule has 0 radical (unpaired) electrons. The quantitative estimate of drug-likeness (QED) is 0.102. The third-order valence-corrected chi connectivity index (χ3v) is 8.84. The summed E-state index contributed by atoms with van der Waals surface area (Å²) < 4.78 is 5.96. The average molecular weight is 511 g/mol. The van der Waals surface area contributed by atoms with Gasteiger partial charge in [-0.15, -0.1) is 6.58 Å². The Labute approximate surface area is 223 Å². The lowest BCUT2D eigenvalue weighted by Gasteiger charge is -2.32. The van der Waals surface area contributed by atoms with Gasteiger partial charge in [0.1, 0.15) is 17.4 Å². The Morgan fingerprint density at radius 1 is 1.14 bits per heavy atom. The Kier molecular flexibility index (Phi) is 9.77. The predicted octanol–water partition coefficient (Wildman–Crippen LogP) is 7.52. The van der Waals surface area contributed by atoms with Crippen LogP contribution in [0.5, 0.6) is 0 Å². The van der Waals surface area contributed by atoms with Crippen molar-refractivity contribution in [3.8, 4) is 0 Å². The van der Waals surface area contributed by atoms with E-state index in [0.29, 0.717) is 12.3 Å². The van der Waals surface area contributed by atoms with Crippen LogP contribution in [0.2, 0.25) is 0 Å². The highest BCUT2D eigenvalue weighted by atomic mass is 16.5. The number of carbonyl (C=O) groups is 3. The Morgan fingerprint density at radius 2 is 1.86 bits per heavy atom. The van der Waals surface area contributed by atoms with Gasteiger partial charge < -0.3 is 9.84 Å². The number of aliphatic hydroxyl groups is 1. The molecule has 0 aromatic rings. The molecule has 0 bridgehead atoms. The van der Waals surface area contributed by atoms with Crippen molar-refractivity contribution in [1.82, 2.24) is 0 Å². The van der Waals surface area contributed by atoms with Gasteiger partial charge in [-0.1, -0.05) is 64.7 Å². The van der Waals surface area contributed by atoms with Gasteiger partial charge >= 0.3 is 5.97 Å². The van der Waals surface area contributed by atoms with Crippen LogP contribution in [0.3, 0.4) is 0 Å². The Hall–Kier alpha value is -2.43. The van der Waals surface area contributed by atoms with E-state index >= 15 is 0 Å². The number of ketones is 2. The number of hydrogen-bond donors (Lipinski definition) is 1. The summed E-state index contributed by atoms with van der Waals surface area (Å²) in [6.07, 6.45) is 12.6. The van der Waals surface area contributed by atoms with Crippen LogP contribution in [0.15, 0.2) is 46.8 Å². The monoisotopic (exact) mass is 510 g/mol. The van der Waals surface area contributed by atoms with Gasteiger partial charge in [0.2, 0.25) is 11.6 Å². The minimum absolute atomic E-state index is 0.0218. The molecule has 0 saturated heterocycles. The molecular formula is C32H46O5. The first-order chi connectivity index (χ1) is 17.5. The number of hydrogen-bond acceptors (Lipinski definition) is 5. The molecule has 3 rings (SSSR count). The molecule has 0 amide bonds. The maximum atomic E-state index is 13.6. The summed E-state index contributed by atoms with van der Waals surface area (Å²) in [7, 11) is 0. The van der Waals surface area contributed by atoms with Crippen LogP contribution < -0.4 is 0 Å². The summed E-state index contributed by atoms with van der Waals surface area (Å²) in [6, 6.07) is 0. The lowest BCUT2D eigenvalue weighted by Crippen LogP contribution is -2.35. The zero-order valence-electron chi connectivity index (χ0n) is 23.5. The molecule has 2 unspecified atom stereocenters. The maximum absolute atomic E-state index is 13.6. The van der Waals surface area contributed by atoms with Crippen LogP contribution in [0, 0.1) is 23.2 Å². The summed E-state index contributed by atoms with van der Waals surface area (Å²) in [5, 5.41) is 11.5. The summed E-state index contributed by atoms with van der Waals surface area (Å²) >= 11 is 0. The molecule has 0 aliphatic heterocycles. The second-order valence-electron chi connectivity index (χ2n) is 12.0. The van der Waals surface area contributed by atoms with Crippen LogP contribution in [-0.4, -0.2) is 28.7 Å². The van der Waals surface area contributed by atoms with Crippen molar-refractivity contribution < 1.29 is 24.2 Å². The molecule has 1 N–H and O–H groups in total. The van der Waals surface area contributed by atoms with Crippen molar-refractivity contribution >= 4 is 17.5 Å². The Bertz CT molecular complexity index is 1010. The highest BCUT2D eigenvalue weighted by molar-refractivity contribution is 6.51. The normalized spacial score (nSPS) is 27.0. The summed E-state index contributed by atoms with van der Waals surface area (Å²) in [6.45, 7) is 14.7. The molecule has 204 valence electrons. The second-order valence-corrected chi connectivity index (χ2v) is 12.0. The van der Waals surface area contributed by atoms with Crippen LogP contribution in [0.1, 0.15) is 105 Å². The highest BCUT2D eigenvalue weighted by Gasteiger charge is 2.44. The number of allylic oxidation sites excluding steroid dienone is 5. The largest absolute Gasteiger partial charge is 0.507 e. The third-order valence-electron chi connectivity index (χ3n) is 8.84. The first kappa shape index (κ1) is 29.1. The lowest BCUT2D eigenvalue weighted by atomic mass is 9.72. The highest BCUT2D eigenvalue weighted by Crippen LogP contribution is 2.44. The minimum Gasteiger partial charge on any atom is -0.507 e. The van der Waals surface area contributed by atoms with Crippen LogP contribution in [0.25, 0.3) is 0 Å². The molecule has 3 aliphatic carbocycles. The lowest BCUT2D eigenvalue weighted by molar-refractivity contribution is -0.144. The van der Waals surface area contributed by atoms with Crippen LogP contribution in [-0.2, 0) is 19.1 Å². The number of aliphatic hydroxyl groups excluding tert-OH is 1. The topological polar surface area (TPSA) is 80.7 Å². The second kappa shape index (κ2) is 12.4. The fourth-order valence-electron chi connectivity index (χ4n) is 6.54. The number of esters is 1. The Balaban J connectivity index is 1.97. The standard InChI is InChI=1S/C32H46O5/c1-7-10-11-12-24-27(31(36)37-23-16-15-22(19-23)32(5,6)17-8-2)29(34)26(30(35)28(24)33)25-18-20(4)13-14-21(25)9-3/h9,18,21-23,25,34H,3,7-8,10-17,19H2,1-2,4-6H3/t21-,22?,23?,25-/m1/s1. The van der Waals surface area contributed by atoms with E-state index in [9.17, 15) is 19.5 Å². The van der Waals surface area contributed by atoms with Crippen molar-refractivity contribution in [2.45, 2.75) is 111 Å². The number of Topliss-reactive ketones (excluding diaryl/α,β-unsaturated/α-hetero) is 2. The van der Waals surface area contributed by atoms with Gasteiger partial charge in [0, 0.05) is 11.5 Å². The van der Waals surface area contributed by atoms with Crippen molar-refractivity contribution in [2.24, 2.45) is 23.2 Å². The van der Waals surface area contributed by atoms with Crippen molar-refractivity contribution in [3.63, 3.8) is 0 Å². The molecule has 1 saturated carbocycles. The van der Waals surface area contributed by atoms with Gasteiger partial charge in [0.25, 0.3) is 0 Å². The van der Waals surface area contributed by atoms with E-state index < -0.39 is 23.5 Å². The Morgan fingerprint density at radius 3 is 2.51 bits per heavy atom. The predicted molar refractivity (Wildman–Crippen MR) is 147 cm³/mol. The van der Waals surface area contributed by atoms with Crippen LogP contribution in [0.4, 0.5) is 0 Å². The van der Waals surface area contributed by atoms with Crippen molar-refractivity contribution in [1.29, 1.82) is 0 Å². The van der Waals surface area contributed by atoms with E-state index in [2.05, 4.69) is 34.3 Å². The molecular weight excluding hydrogens is 464 g/mol. The van der Waals surface area contributed by atoms with E-state index in [-0.39, 0.29) is 46.3 Å². The van der Waals surface area contributed by atoms with E-state index in [1.54, 1.807) is 6.08 Å². The summed E-state index contributed by atoms with van der Waals surface area (Å²) in [5.41, 5.74) is 1.31. The van der Waals surface area contributed by atoms with E-state index in [4.69, 9.17) is 4.74 Å². The zero-order chi connectivity index (χ0) is 27.3. The van der Waals surface area contributed by atoms with E-state index in [1.807, 2.05) is 13.0 Å². The molecule has 0 aromatic heterocycles. The van der Waals surface area contributed by atoms with Gasteiger partial charge in [-0.2, -0.15) is 0 Å². The smallest absolute Gasteiger partial charge is 0.342 e. The number of rotatable bonds is 11. The average Bonchev–Trinajstić information content (AvgIpc) is 3.32. The molecule has 0 aromatic carbocycles.